The number of hydrogen-bond acceptors (Lipinski definition) is 4. The first-order chi connectivity index (χ1) is 8.22. The van der Waals surface area contributed by atoms with Crippen LogP contribution in [-0.4, -0.2) is 12.6 Å². The third-order valence-corrected chi connectivity index (χ3v) is 2.24. The van der Waals surface area contributed by atoms with Gasteiger partial charge in [-0.05, 0) is 37.1 Å². The number of hydrogen-bond donors (Lipinski definition) is 0. The SMILES string of the molecule is CCOC(=O)c1ccc(C#N)cc1CCC#N. The summed E-state index contributed by atoms with van der Waals surface area (Å²) in [6.07, 6.45) is 0.751. The first-order valence-corrected chi connectivity index (χ1v) is 5.30. The number of ether oxygens (including phenoxy) is 1. The van der Waals surface area contributed by atoms with E-state index >= 15 is 0 Å². The van der Waals surface area contributed by atoms with Gasteiger partial charge in [-0.1, -0.05) is 0 Å². The van der Waals surface area contributed by atoms with Crippen LogP contribution in [0.1, 0.15) is 34.8 Å². The fourth-order valence-electron chi connectivity index (χ4n) is 1.47. The van der Waals surface area contributed by atoms with Gasteiger partial charge >= 0.3 is 5.97 Å². The van der Waals surface area contributed by atoms with Crippen LogP contribution in [0, 0.1) is 22.7 Å². The van der Waals surface area contributed by atoms with Gasteiger partial charge in [0.05, 0.1) is 29.9 Å². The van der Waals surface area contributed by atoms with Crippen molar-refractivity contribution in [3.63, 3.8) is 0 Å². The molecule has 0 bridgehead atoms. The maximum atomic E-state index is 11.6. The van der Waals surface area contributed by atoms with Gasteiger partial charge < -0.3 is 4.74 Å². The number of rotatable bonds is 4. The van der Waals surface area contributed by atoms with E-state index in [9.17, 15) is 4.79 Å². The van der Waals surface area contributed by atoms with E-state index in [1.807, 2.05) is 12.1 Å². The van der Waals surface area contributed by atoms with E-state index < -0.39 is 5.97 Å². The van der Waals surface area contributed by atoms with E-state index in [-0.39, 0.29) is 0 Å². The summed E-state index contributed by atoms with van der Waals surface area (Å²) in [6.45, 7) is 2.03. The second-order valence-electron chi connectivity index (χ2n) is 3.36. The monoisotopic (exact) mass is 228 g/mol. The minimum atomic E-state index is -0.412. The molecule has 0 amide bonds. The van der Waals surface area contributed by atoms with Crippen molar-refractivity contribution in [2.24, 2.45) is 0 Å². The lowest BCUT2D eigenvalue weighted by atomic mass is 10.0. The predicted octanol–water partition coefficient (Wildman–Crippen LogP) is 2.19. The van der Waals surface area contributed by atoms with E-state index in [1.165, 1.54) is 0 Å². The molecule has 4 nitrogen and oxygen atoms in total. The van der Waals surface area contributed by atoms with E-state index in [1.54, 1.807) is 25.1 Å². The second kappa shape index (κ2) is 6.30. The molecule has 0 heterocycles. The maximum absolute atomic E-state index is 11.6. The fraction of sp³-hybridized carbons (Fsp3) is 0.308. The van der Waals surface area contributed by atoms with Crippen LogP contribution in [0.15, 0.2) is 18.2 Å². The van der Waals surface area contributed by atoms with Crippen molar-refractivity contribution in [1.82, 2.24) is 0 Å². The van der Waals surface area contributed by atoms with Gasteiger partial charge in [0.1, 0.15) is 0 Å². The van der Waals surface area contributed by atoms with Crippen LogP contribution >= 0.6 is 0 Å². The number of aryl methyl sites for hydroxylation is 1. The third kappa shape index (κ3) is 3.32. The second-order valence-corrected chi connectivity index (χ2v) is 3.36. The normalized spacial score (nSPS) is 9.12. The summed E-state index contributed by atoms with van der Waals surface area (Å²) >= 11 is 0. The highest BCUT2D eigenvalue weighted by molar-refractivity contribution is 5.91. The minimum Gasteiger partial charge on any atom is -0.462 e. The van der Waals surface area contributed by atoms with Gasteiger partial charge in [-0.25, -0.2) is 4.79 Å². The van der Waals surface area contributed by atoms with Crippen molar-refractivity contribution in [3.8, 4) is 12.1 Å². The van der Waals surface area contributed by atoms with Crippen LogP contribution in [-0.2, 0) is 11.2 Å². The van der Waals surface area contributed by atoms with Crippen molar-refractivity contribution in [2.45, 2.75) is 19.8 Å². The zero-order valence-corrected chi connectivity index (χ0v) is 9.56. The molecule has 0 aromatic heterocycles. The smallest absolute Gasteiger partial charge is 0.338 e. The molecule has 1 aromatic carbocycles. The summed E-state index contributed by atoms with van der Waals surface area (Å²) in [6, 6.07) is 8.80. The number of nitriles is 2. The van der Waals surface area contributed by atoms with Gasteiger partial charge in [0.25, 0.3) is 0 Å². The molecular weight excluding hydrogens is 216 g/mol. The van der Waals surface area contributed by atoms with Crippen LogP contribution < -0.4 is 0 Å². The molecule has 0 unspecified atom stereocenters. The lowest BCUT2D eigenvalue weighted by Gasteiger charge is -2.07. The van der Waals surface area contributed by atoms with Gasteiger partial charge in [0.15, 0.2) is 0 Å². The van der Waals surface area contributed by atoms with E-state index in [0.717, 1.165) is 0 Å². The molecule has 1 aromatic rings. The van der Waals surface area contributed by atoms with Crippen LogP contribution in [0.4, 0.5) is 0 Å². The van der Waals surface area contributed by atoms with Crippen molar-refractivity contribution in [2.75, 3.05) is 6.61 Å². The summed E-state index contributed by atoms with van der Waals surface area (Å²) in [4.78, 5) is 11.6. The summed E-state index contributed by atoms with van der Waals surface area (Å²) in [5, 5.41) is 17.3. The molecule has 1 rings (SSSR count). The lowest BCUT2D eigenvalue weighted by molar-refractivity contribution is 0.0525. The highest BCUT2D eigenvalue weighted by Crippen LogP contribution is 2.15. The molecular formula is C13H12N2O2. The standard InChI is InChI=1S/C13H12N2O2/c1-2-17-13(16)12-6-5-10(9-15)8-11(12)4-3-7-14/h5-6,8H,2-4H2,1H3. The average Bonchev–Trinajstić information content (AvgIpc) is 2.36. The molecule has 0 N–H and O–H groups in total. The Balaban J connectivity index is 3.07. The number of carbonyl (C=O) groups excluding carboxylic acids is 1. The average molecular weight is 228 g/mol. The van der Waals surface area contributed by atoms with Gasteiger partial charge in [-0.15, -0.1) is 0 Å². The van der Waals surface area contributed by atoms with Crippen molar-refractivity contribution in [3.05, 3.63) is 34.9 Å². The van der Waals surface area contributed by atoms with Crippen molar-refractivity contribution in [1.29, 1.82) is 10.5 Å². The summed E-state index contributed by atoms with van der Waals surface area (Å²) in [5.74, 6) is -0.412. The van der Waals surface area contributed by atoms with Gasteiger partial charge in [0, 0.05) is 6.42 Å². The highest BCUT2D eigenvalue weighted by Gasteiger charge is 2.12. The Kier molecular flexibility index (Phi) is 4.72. The Morgan fingerprint density at radius 3 is 2.76 bits per heavy atom. The molecule has 0 spiro atoms. The summed E-state index contributed by atoms with van der Waals surface area (Å²) in [5.41, 5.74) is 1.59. The molecule has 0 aliphatic heterocycles. The number of benzene rings is 1. The van der Waals surface area contributed by atoms with Crippen LogP contribution in [0.25, 0.3) is 0 Å². The van der Waals surface area contributed by atoms with Crippen molar-refractivity contribution < 1.29 is 9.53 Å². The predicted molar refractivity (Wildman–Crippen MR) is 61.0 cm³/mol. The van der Waals surface area contributed by atoms with Crippen molar-refractivity contribution >= 4 is 5.97 Å². The Morgan fingerprint density at radius 2 is 2.18 bits per heavy atom. The quantitative estimate of drug-likeness (QED) is 0.740. The number of carbonyl (C=O) groups is 1. The highest BCUT2D eigenvalue weighted by atomic mass is 16.5. The molecule has 0 atom stereocenters. The molecule has 0 saturated carbocycles. The Morgan fingerprint density at radius 1 is 1.41 bits per heavy atom. The Hall–Kier alpha value is -2.33. The van der Waals surface area contributed by atoms with Crippen LogP contribution in [0.2, 0.25) is 0 Å². The fourth-order valence-corrected chi connectivity index (χ4v) is 1.47. The number of esters is 1. The molecule has 0 saturated heterocycles. The minimum absolute atomic E-state index is 0.302. The summed E-state index contributed by atoms with van der Waals surface area (Å²) < 4.78 is 4.92. The molecule has 0 fully saturated rings. The van der Waals surface area contributed by atoms with E-state index in [2.05, 4.69) is 0 Å². The molecule has 0 aliphatic rings. The Bertz CT molecular complexity index is 495. The van der Waals surface area contributed by atoms with Gasteiger partial charge in [-0.3, -0.25) is 0 Å². The summed E-state index contributed by atoms with van der Waals surface area (Å²) in [7, 11) is 0. The molecule has 0 aliphatic carbocycles. The third-order valence-electron chi connectivity index (χ3n) is 2.24. The first kappa shape index (κ1) is 12.7. The molecule has 0 radical (unpaired) electrons. The topological polar surface area (TPSA) is 73.9 Å². The van der Waals surface area contributed by atoms with Crippen LogP contribution in [0.5, 0.6) is 0 Å². The molecule has 17 heavy (non-hydrogen) atoms. The van der Waals surface area contributed by atoms with Gasteiger partial charge in [0.2, 0.25) is 0 Å². The van der Waals surface area contributed by atoms with Gasteiger partial charge in [-0.2, -0.15) is 10.5 Å². The largest absolute Gasteiger partial charge is 0.462 e. The zero-order chi connectivity index (χ0) is 12.7. The molecule has 4 heteroatoms. The van der Waals surface area contributed by atoms with E-state index in [0.29, 0.717) is 36.1 Å². The van der Waals surface area contributed by atoms with Crippen LogP contribution in [0.3, 0.4) is 0 Å². The van der Waals surface area contributed by atoms with E-state index in [4.69, 9.17) is 15.3 Å². The lowest BCUT2D eigenvalue weighted by Crippen LogP contribution is -2.08. The molecule has 86 valence electrons. The maximum Gasteiger partial charge on any atom is 0.338 e. The first-order valence-electron chi connectivity index (χ1n) is 5.30. The Labute approximate surface area is 100 Å². The number of nitrogens with zero attached hydrogens (tertiary/aromatic N) is 2. The zero-order valence-electron chi connectivity index (χ0n) is 9.56.